The lowest BCUT2D eigenvalue weighted by Gasteiger charge is -2.02. The number of urea groups is 1. The number of hydrogen-bond acceptors (Lipinski definition) is 4. The molecule has 1 aliphatic rings. The molecule has 60 valence electrons. The second kappa shape index (κ2) is 2.79. The smallest absolute Gasteiger partial charge is 0.313 e. The summed E-state index contributed by atoms with van der Waals surface area (Å²) in [4.78, 5) is 31.4. The van der Waals surface area contributed by atoms with Crippen LogP contribution in [0.2, 0.25) is 0 Å². The van der Waals surface area contributed by atoms with E-state index < -0.39 is 22.6 Å². The zero-order valence-corrected chi connectivity index (χ0v) is 6.10. The molecule has 0 bridgehead atoms. The summed E-state index contributed by atoms with van der Waals surface area (Å²) in [7, 11) is 0. The van der Waals surface area contributed by atoms with Gasteiger partial charge in [0.05, 0.1) is 0 Å². The maximum atomic E-state index is 10.7. The predicted octanol–water partition coefficient (Wildman–Crippen LogP) is -1.04. The maximum absolute atomic E-state index is 10.7. The number of nitrogens with one attached hydrogen (secondary N) is 2. The van der Waals surface area contributed by atoms with E-state index in [2.05, 4.69) is 5.32 Å². The van der Waals surface area contributed by atoms with Crippen LogP contribution in [0.1, 0.15) is 0 Å². The van der Waals surface area contributed by atoms with E-state index in [4.69, 9.17) is 5.73 Å². The molecule has 1 fully saturated rings. The Bertz CT molecular complexity index is 229. The highest BCUT2D eigenvalue weighted by molar-refractivity contribution is 8.15. The minimum Gasteiger partial charge on any atom is -0.352 e. The Balaban J connectivity index is 2.53. The lowest BCUT2D eigenvalue weighted by atomic mass is 10.6. The van der Waals surface area contributed by atoms with Crippen LogP contribution in [0.4, 0.5) is 9.59 Å². The Morgan fingerprint density at radius 3 is 2.64 bits per heavy atom. The van der Waals surface area contributed by atoms with Gasteiger partial charge in [-0.3, -0.25) is 14.9 Å². The van der Waals surface area contributed by atoms with E-state index in [9.17, 15) is 14.4 Å². The molecule has 1 saturated heterocycles. The Hall–Kier alpha value is -1.24. The molecule has 0 radical (unpaired) electrons. The van der Waals surface area contributed by atoms with Crippen molar-refractivity contribution >= 4 is 28.9 Å². The Morgan fingerprint density at radius 1 is 1.64 bits per heavy atom. The van der Waals surface area contributed by atoms with E-state index >= 15 is 0 Å². The van der Waals surface area contributed by atoms with Gasteiger partial charge in [0, 0.05) is 0 Å². The van der Waals surface area contributed by atoms with Crippen LogP contribution in [-0.4, -0.2) is 22.6 Å². The van der Waals surface area contributed by atoms with E-state index in [1.54, 1.807) is 0 Å². The minimum absolute atomic E-state index is 0.478. The molecule has 6 nitrogen and oxygen atoms in total. The van der Waals surface area contributed by atoms with Gasteiger partial charge < -0.3 is 11.1 Å². The summed E-state index contributed by atoms with van der Waals surface area (Å²) in [6.07, 6.45) is 0. The fourth-order valence-electron chi connectivity index (χ4n) is 0.580. The van der Waals surface area contributed by atoms with Gasteiger partial charge in [0.1, 0.15) is 0 Å². The molecule has 11 heavy (non-hydrogen) atoms. The third-order valence-corrected chi connectivity index (χ3v) is 1.85. The lowest BCUT2D eigenvalue weighted by Crippen LogP contribution is -2.41. The maximum Gasteiger partial charge on any atom is 0.313 e. The molecule has 1 aliphatic heterocycles. The lowest BCUT2D eigenvalue weighted by molar-refractivity contribution is -0.119. The summed E-state index contributed by atoms with van der Waals surface area (Å²) in [5.41, 5.74) is 4.73. The summed E-state index contributed by atoms with van der Waals surface area (Å²) in [6.45, 7) is 0. The number of amides is 4. The van der Waals surface area contributed by atoms with Crippen molar-refractivity contribution in [3.63, 3.8) is 0 Å². The number of nitrogens with two attached hydrogens (primary N) is 1. The Morgan fingerprint density at radius 2 is 2.27 bits per heavy atom. The molecule has 1 atom stereocenters. The van der Waals surface area contributed by atoms with Crippen molar-refractivity contribution in [2.24, 2.45) is 5.73 Å². The summed E-state index contributed by atoms with van der Waals surface area (Å²) >= 11 is 0.690. The van der Waals surface area contributed by atoms with Crippen LogP contribution < -0.4 is 16.4 Å². The first-order valence-electron chi connectivity index (χ1n) is 2.67. The molecular formula is C4H5N3O3S. The monoisotopic (exact) mass is 175 g/mol. The average molecular weight is 175 g/mol. The first-order valence-corrected chi connectivity index (χ1v) is 3.55. The number of rotatable bonds is 1. The van der Waals surface area contributed by atoms with Crippen LogP contribution in [-0.2, 0) is 4.79 Å². The number of primary amides is 1. The second-order valence-corrected chi connectivity index (χ2v) is 2.86. The zero-order chi connectivity index (χ0) is 8.43. The summed E-state index contributed by atoms with van der Waals surface area (Å²) in [5, 5.41) is 2.72. The molecule has 0 aromatic rings. The van der Waals surface area contributed by atoms with Crippen LogP contribution in [0.5, 0.6) is 0 Å². The standard InChI is InChI=1S/C4H5N3O3S/c5-3(9)7-2-1(8)6-4(10)11-2/h2H,(H3,5,7,9)(H,6,8,10). The summed E-state index contributed by atoms with van der Waals surface area (Å²) in [5.74, 6) is -0.543. The summed E-state index contributed by atoms with van der Waals surface area (Å²) in [6, 6.07) is -0.827. The van der Waals surface area contributed by atoms with Crippen LogP contribution in [0, 0.1) is 0 Å². The molecule has 0 aromatic carbocycles. The van der Waals surface area contributed by atoms with Crippen molar-refractivity contribution < 1.29 is 14.4 Å². The van der Waals surface area contributed by atoms with Crippen molar-refractivity contribution in [3.8, 4) is 0 Å². The molecule has 4 N–H and O–H groups in total. The van der Waals surface area contributed by atoms with E-state index in [-0.39, 0.29) is 0 Å². The van der Waals surface area contributed by atoms with Gasteiger partial charge in [0.25, 0.3) is 11.1 Å². The molecule has 7 heteroatoms. The SMILES string of the molecule is NC(=O)NC1SC(=O)NC1=O. The zero-order valence-electron chi connectivity index (χ0n) is 5.29. The molecule has 1 heterocycles. The normalized spacial score (nSPS) is 23.1. The molecule has 1 rings (SSSR count). The number of thioether (sulfide) groups is 1. The number of carbonyl (C=O) groups is 3. The summed E-state index contributed by atoms with van der Waals surface area (Å²) < 4.78 is 0. The van der Waals surface area contributed by atoms with Crippen LogP contribution in [0.3, 0.4) is 0 Å². The third kappa shape index (κ3) is 1.84. The largest absolute Gasteiger partial charge is 0.352 e. The van der Waals surface area contributed by atoms with Crippen molar-refractivity contribution in [2.75, 3.05) is 0 Å². The Kier molecular flexibility index (Phi) is 1.99. The van der Waals surface area contributed by atoms with E-state index in [0.29, 0.717) is 11.8 Å². The van der Waals surface area contributed by atoms with Gasteiger partial charge in [-0.25, -0.2) is 4.79 Å². The number of carbonyl (C=O) groups excluding carboxylic acids is 3. The highest BCUT2D eigenvalue weighted by atomic mass is 32.2. The van der Waals surface area contributed by atoms with Crippen molar-refractivity contribution in [1.82, 2.24) is 10.6 Å². The number of imide groups is 1. The van der Waals surface area contributed by atoms with Gasteiger partial charge in [-0.2, -0.15) is 0 Å². The van der Waals surface area contributed by atoms with Gasteiger partial charge >= 0.3 is 6.03 Å². The fourth-order valence-corrected chi connectivity index (χ4v) is 1.30. The van der Waals surface area contributed by atoms with E-state index in [1.807, 2.05) is 5.32 Å². The van der Waals surface area contributed by atoms with Crippen molar-refractivity contribution in [3.05, 3.63) is 0 Å². The molecular weight excluding hydrogens is 170 g/mol. The van der Waals surface area contributed by atoms with Crippen molar-refractivity contribution in [1.29, 1.82) is 0 Å². The molecule has 4 amide bonds. The van der Waals surface area contributed by atoms with Gasteiger partial charge in [-0.15, -0.1) is 0 Å². The van der Waals surface area contributed by atoms with Gasteiger partial charge in [0.15, 0.2) is 5.37 Å². The number of hydrogen-bond donors (Lipinski definition) is 3. The highest BCUT2D eigenvalue weighted by Gasteiger charge is 2.32. The van der Waals surface area contributed by atoms with Gasteiger partial charge in [-0.05, 0) is 11.8 Å². The quantitative estimate of drug-likeness (QED) is 0.474. The topological polar surface area (TPSA) is 101 Å². The van der Waals surface area contributed by atoms with Crippen LogP contribution in [0.15, 0.2) is 0 Å². The molecule has 0 spiro atoms. The second-order valence-electron chi connectivity index (χ2n) is 1.78. The van der Waals surface area contributed by atoms with E-state index in [1.165, 1.54) is 0 Å². The van der Waals surface area contributed by atoms with Gasteiger partial charge in [0.2, 0.25) is 0 Å². The highest BCUT2D eigenvalue weighted by Crippen LogP contribution is 2.15. The first kappa shape index (κ1) is 7.86. The molecule has 0 aliphatic carbocycles. The third-order valence-electron chi connectivity index (χ3n) is 0.962. The average Bonchev–Trinajstić information content (AvgIpc) is 2.09. The molecule has 1 unspecified atom stereocenters. The minimum atomic E-state index is -0.875. The van der Waals surface area contributed by atoms with Gasteiger partial charge in [-0.1, -0.05) is 0 Å². The van der Waals surface area contributed by atoms with Crippen molar-refractivity contribution in [2.45, 2.75) is 5.37 Å². The van der Waals surface area contributed by atoms with Crippen LogP contribution in [0.25, 0.3) is 0 Å². The fraction of sp³-hybridized carbons (Fsp3) is 0.250. The Labute approximate surface area is 65.9 Å². The van der Waals surface area contributed by atoms with E-state index in [0.717, 1.165) is 0 Å². The van der Waals surface area contributed by atoms with Crippen LogP contribution >= 0.6 is 11.8 Å². The molecule has 0 aromatic heterocycles. The first-order chi connectivity index (χ1) is 5.09. The predicted molar refractivity (Wildman–Crippen MR) is 37.6 cm³/mol. The molecule has 0 saturated carbocycles.